The van der Waals surface area contributed by atoms with Gasteiger partial charge >= 0.3 is 0 Å². The van der Waals surface area contributed by atoms with Crippen LogP contribution in [0.25, 0.3) is 16.9 Å². The zero-order valence-corrected chi connectivity index (χ0v) is 18.6. The molecule has 1 aromatic carbocycles. The number of tetrazole rings is 1. The van der Waals surface area contributed by atoms with E-state index in [1.54, 1.807) is 47.5 Å². The van der Waals surface area contributed by atoms with Gasteiger partial charge in [0.25, 0.3) is 5.91 Å². The standard InChI is InChI=1S/C22H21ClN8O/c1-13(2)21-28-29-30-31(21)19-7-15(20-5-4-17(23)10-26-20)6-16(8-19)22(32)27-12-18-11-24-14(3)9-25-18/h4-11,13H,12H2,1-3H3,(H,27,32). The van der Waals surface area contributed by atoms with E-state index in [0.29, 0.717) is 33.5 Å². The van der Waals surface area contributed by atoms with Gasteiger partial charge in [-0.2, -0.15) is 4.68 Å². The van der Waals surface area contributed by atoms with Crippen LogP contribution in [0.1, 0.15) is 47.3 Å². The molecule has 4 aromatic rings. The fourth-order valence-corrected chi connectivity index (χ4v) is 3.19. The van der Waals surface area contributed by atoms with Crippen LogP contribution in [-0.2, 0) is 6.54 Å². The molecule has 162 valence electrons. The fraction of sp³-hybridized carbons (Fsp3) is 0.227. The molecule has 0 atom stereocenters. The van der Waals surface area contributed by atoms with Crippen LogP contribution in [0.5, 0.6) is 0 Å². The number of aryl methyl sites for hydroxylation is 1. The monoisotopic (exact) mass is 448 g/mol. The molecule has 0 saturated heterocycles. The van der Waals surface area contributed by atoms with Crippen molar-refractivity contribution >= 4 is 17.5 Å². The summed E-state index contributed by atoms with van der Waals surface area (Å²) in [6.45, 7) is 6.12. The number of pyridine rings is 1. The van der Waals surface area contributed by atoms with E-state index >= 15 is 0 Å². The second-order valence-corrected chi connectivity index (χ2v) is 8.00. The van der Waals surface area contributed by atoms with Gasteiger partial charge in [-0.15, -0.1) is 5.10 Å². The number of nitrogens with zero attached hydrogens (tertiary/aromatic N) is 7. The van der Waals surface area contributed by atoms with Crippen LogP contribution in [0, 0.1) is 6.92 Å². The van der Waals surface area contributed by atoms with Crippen molar-refractivity contribution in [1.29, 1.82) is 0 Å². The van der Waals surface area contributed by atoms with Crippen molar-refractivity contribution in [2.45, 2.75) is 33.2 Å². The molecule has 0 saturated carbocycles. The van der Waals surface area contributed by atoms with E-state index in [4.69, 9.17) is 11.6 Å². The SMILES string of the molecule is Cc1cnc(CNC(=O)c2cc(-c3ccc(Cl)cn3)cc(-n3nnnc3C(C)C)c2)cn1. The Bertz CT molecular complexity index is 1240. The predicted molar refractivity (Wildman–Crippen MR) is 119 cm³/mol. The second kappa shape index (κ2) is 9.19. The highest BCUT2D eigenvalue weighted by atomic mass is 35.5. The van der Waals surface area contributed by atoms with Crippen molar-refractivity contribution in [3.8, 4) is 16.9 Å². The Labute approximate surface area is 189 Å². The van der Waals surface area contributed by atoms with Gasteiger partial charge in [0.1, 0.15) is 0 Å². The number of hydrogen-bond donors (Lipinski definition) is 1. The predicted octanol–water partition coefficient (Wildman–Crippen LogP) is 3.53. The molecule has 0 aliphatic carbocycles. The topological polar surface area (TPSA) is 111 Å². The molecular weight excluding hydrogens is 428 g/mol. The molecule has 0 bridgehead atoms. The van der Waals surface area contributed by atoms with Gasteiger partial charge in [0, 0.05) is 29.4 Å². The van der Waals surface area contributed by atoms with E-state index in [2.05, 4.69) is 35.8 Å². The Hall–Kier alpha value is -3.72. The lowest BCUT2D eigenvalue weighted by Crippen LogP contribution is -2.23. The fourth-order valence-electron chi connectivity index (χ4n) is 3.08. The van der Waals surface area contributed by atoms with Crippen LogP contribution >= 0.6 is 11.6 Å². The Kier molecular flexibility index (Phi) is 6.18. The number of hydrogen-bond acceptors (Lipinski definition) is 7. The number of halogens is 1. The first-order chi connectivity index (χ1) is 15.4. The number of nitrogens with one attached hydrogen (secondary N) is 1. The van der Waals surface area contributed by atoms with E-state index in [9.17, 15) is 4.79 Å². The molecule has 0 aliphatic rings. The summed E-state index contributed by atoms with van der Waals surface area (Å²) in [5.41, 5.74) is 4.00. The Morgan fingerprint density at radius 1 is 1.09 bits per heavy atom. The minimum Gasteiger partial charge on any atom is -0.346 e. The molecular formula is C22H21ClN8O. The molecule has 3 heterocycles. The maximum atomic E-state index is 13.0. The van der Waals surface area contributed by atoms with E-state index < -0.39 is 0 Å². The zero-order chi connectivity index (χ0) is 22.7. The Morgan fingerprint density at radius 3 is 2.62 bits per heavy atom. The normalized spacial score (nSPS) is 11.0. The third-order valence-corrected chi connectivity index (χ3v) is 4.95. The highest BCUT2D eigenvalue weighted by Gasteiger charge is 2.16. The summed E-state index contributed by atoms with van der Waals surface area (Å²) in [4.78, 5) is 25.9. The van der Waals surface area contributed by atoms with Gasteiger partial charge in [-0.25, -0.2) is 0 Å². The number of aromatic nitrogens is 7. The quantitative estimate of drug-likeness (QED) is 0.480. The lowest BCUT2D eigenvalue weighted by molar-refractivity contribution is 0.0950. The third-order valence-electron chi connectivity index (χ3n) is 4.72. The van der Waals surface area contributed by atoms with E-state index in [-0.39, 0.29) is 18.4 Å². The Balaban J connectivity index is 1.71. The van der Waals surface area contributed by atoms with Crippen LogP contribution in [-0.4, -0.2) is 41.1 Å². The van der Waals surface area contributed by atoms with Crippen LogP contribution in [0.15, 0.2) is 48.9 Å². The first-order valence-corrected chi connectivity index (χ1v) is 10.4. The van der Waals surface area contributed by atoms with E-state index in [1.165, 1.54) is 0 Å². The van der Waals surface area contributed by atoms with E-state index in [1.807, 2.05) is 26.8 Å². The molecule has 32 heavy (non-hydrogen) atoms. The average molecular weight is 449 g/mol. The van der Waals surface area contributed by atoms with E-state index in [0.717, 1.165) is 11.3 Å². The molecule has 0 spiro atoms. The zero-order valence-electron chi connectivity index (χ0n) is 17.8. The van der Waals surface area contributed by atoms with Gasteiger partial charge in [-0.3, -0.25) is 19.7 Å². The van der Waals surface area contributed by atoms with Gasteiger partial charge in [-0.05, 0) is 47.7 Å². The van der Waals surface area contributed by atoms with Gasteiger partial charge < -0.3 is 5.32 Å². The molecule has 1 amide bonds. The average Bonchev–Trinajstić information content (AvgIpc) is 3.29. The summed E-state index contributed by atoms with van der Waals surface area (Å²) in [6, 6.07) is 8.96. The summed E-state index contributed by atoms with van der Waals surface area (Å²) < 4.78 is 1.63. The maximum absolute atomic E-state index is 13.0. The van der Waals surface area contributed by atoms with Gasteiger partial charge in [0.05, 0.1) is 40.5 Å². The van der Waals surface area contributed by atoms with Crippen LogP contribution < -0.4 is 5.32 Å². The first-order valence-electron chi connectivity index (χ1n) is 10.0. The van der Waals surface area contributed by atoms with Crippen molar-refractivity contribution in [3.05, 3.63) is 76.7 Å². The van der Waals surface area contributed by atoms with Crippen molar-refractivity contribution in [2.75, 3.05) is 0 Å². The van der Waals surface area contributed by atoms with Crippen molar-refractivity contribution in [2.24, 2.45) is 0 Å². The van der Waals surface area contributed by atoms with Crippen molar-refractivity contribution < 1.29 is 4.79 Å². The molecule has 3 aromatic heterocycles. The second-order valence-electron chi connectivity index (χ2n) is 7.57. The lowest BCUT2D eigenvalue weighted by atomic mass is 10.0. The Morgan fingerprint density at radius 2 is 1.94 bits per heavy atom. The minimum absolute atomic E-state index is 0.0969. The lowest BCUT2D eigenvalue weighted by Gasteiger charge is -2.12. The summed E-state index contributed by atoms with van der Waals surface area (Å²) in [5.74, 6) is 0.524. The maximum Gasteiger partial charge on any atom is 0.251 e. The number of benzene rings is 1. The smallest absolute Gasteiger partial charge is 0.251 e. The van der Waals surface area contributed by atoms with Gasteiger partial charge in [-0.1, -0.05) is 25.4 Å². The number of carbonyl (C=O) groups is 1. The molecule has 0 unspecified atom stereocenters. The molecule has 10 heteroatoms. The van der Waals surface area contributed by atoms with Crippen molar-refractivity contribution in [1.82, 2.24) is 40.5 Å². The number of rotatable bonds is 6. The van der Waals surface area contributed by atoms with Crippen LogP contribution in [0.4, 0.5) is 0 Å². The molecule has 1 N–H and O–H groups in total. The highest BCUT2D eigenvalue weighted by Crippen LogP contribution is 2.25. The minimum atomic E-state index is -0.261. The number of carbonyl (C=O) groups excluding carboxylic acids is 1. The summed E-state index contributed by atoms with van der Waals surface area (Å²) in [7, 11) is 0. The molecule has 0 radical (unpaired) electrons. The van der Waals surface area contributed by atoms with Gasteiger partial charge in [0.15, 0.2) is 5.82 Å². The highest BCUT2D eigenvalue weighted by molar-refractivity contribution is 6.30. The van der Waals surface area contributed by atoms with Gasteiger partial charge in [0.2, 0.25) is 0 Å². The molecule has 0 aliphatic heterocycles. The van der Waals surface area contributed by atoms with Crippen LogP contribution in [0.2, 0.25) is 5.02 Å². The largest absolute Gasteiger partial charge is 0.346 e. The summed E-state index contributed by atoms with van der Waals surface area (Å²) in [5, 5.41) is 15.5. The van der Waals surface area contributed by atoms with Crippen molar-refractivity contribution in [3.63, 3.8) is 0 Å². The number of amides is 1. The van der Waals surface area contributed by atoms with Crippen LogP contribution in [0.3, 0.4) is 0 Å². The molecule has 4 rings (SSSR count). The molecule has 9 nitrogen and oxygen atoms in total. The molecule has 0 fully saturated rings. The third kappa shape index (κ3) is 4.78. The summed E-state index contributed by atoms with van der Waals surface area (Å²) >= 11 is 5.99. The first kappa shape index (κ1) is 21.5. The summed E-state index contributed by atoms with van der Waals surface area (Å²) in [6.07, 6.45) is 4.87.